The Morgan fingerprint density at radius 2 is 2.14 bits per heavy atom. The summed E-state index contributed by atoms with van der Waals surface area (Å²) in [6.07, 6.45) is 2.23. The van der Waals surface area contributed by atoms with Crippen molar-refractivity contribution in [1.82, 2.24) is 9.80 Å². The lowest BCUT2D eigenvalue weighted by atomic mass is 10.1. The number of nitrogens with zero attached hydrogens (tertiary/aromatic N) is 2. The van der Waals surface area contributed by atoms with Gasteiger partial charge in [-0.2, -0.15) is 0 Å². The molecule has 1 aliphatic heterocycles. The molecule has 0 radical (unpaired) electrons. The average molecular weight is 198 g/mol. The van der Waals surface area contributed by atoms with E-state index in [4.69, 9.17) is 0 Å². The van der Waals surface area contributed by atoms with Gasteiger partial charge in [-0.1, -0.05) is 0 Å². The molecule has 0 unspecified atom stereocenters. The molecule has 1 saturated heterocycles. The molecule has 2 fully saturated rings. The maximum absolute atomic E-state index is 11.4. The lowest BCUT2D eigenvalue weighted by Gasteiger charge is -2.33. The van der Waals surface area contributed by atoms with Crippen LogP contribution >= 0.6 is 0 Å². The monoisotopic (exact) mass is 198 g/mol. The first-order valence-electron chi connectivity index (χ1n) is 5.22. The molecule has 14 heavy (non-hydrogen) atoms. The molecule has 1 N–H and O–H groups in total. The van der Waals surface area contributed by atoms with Crippen LogP contribution in [-0.4, -0.2) is 60.6 Å². The first kappa shape index (κ1) is 9.93. The minimum Gasteiger partial charge on any atom is -0.396 e. The molecule has 1 amide bonds. The molecule has 4 nitrogen and oxygen atoms in total. The molecule has 2 rings (SSSR count). The van der Waals surface area contributed by atoms with Gasteiger partial charge < -0.3 is 10.0 Å². The Hall–Kier alpha value is -0.610. The van der Waals surface area contributed by atoms with E-state index in [1.165, 1.54) is 0 Å². The van der Waals surface area contributed by atoms with Crippen LogP contribution in [0.2, 0.25) is 0 Å². The van der Waals surface area contributed by atoms with Crippen molar-refractivity contribution in [1.29, 1.82) is 0 Å². The molecule has 2 aliphatic rings. The number of likely N-dealkylation sites (N-methyl/N-ethyl adjacent to an activating group) is 1. The van der Waals surface area contributed by atoms with Crippen LogP contribution in [0.25, 0.3) is 0 Å². The third kappa shape index (κ3) is 1.91. The molecule has 0 aromatic rings. The Kier molecular flexibility index (Phi) is 2.49. The van der Waals surface area contributed by atoms with Crippen LogP contribution in [0.4, 0.5) is 0 Å². The van der Waals surface area contributed by atoms with Crippen LogP contribution in [0.5, 0.6) is 0 Å². The third-order valence-corrected chi connectivity index (χ3v) is 3.39. The van der Waals surface area contributed by atoms with Crippen molar-refractivity contribution < 1.29 is 9.90 Å². The number of carbonyl (C=O) groups excluding carboxylic acids is 1. The van der Waals surface area contributed by atoms with Gasteiger partial charge in [-0.05, 0) is 12.8 Å². The van der Waals surface area contributed by atoms with E-state index >= 15 is 0 Å². The summed E-state index contributed by atoms with van der Waals surface area (Å²) in [6, 6.07) is 0. The van der Waals surface area contributed by atoms with Crippen molar-refractivity contribution in [2.75, 3.05) is 39.8 Å². The highest BCUT2D eigenvalue weighted by Crippen LogP contribution is 2.45. The van der Waals surface area contributed by atoms with Crippen LogP contribution in [0.15, 0.2) is 0 Å². The van der Waals surface area contributed by atoms with E-state index in [-0.39, 0.29) is 17.9 Å². The third-order valence-electron chi connectivity index (χ3n) is 3.39. The Morgan fingerprint density at radius 1 is 1.43 bits per heavy atom. The van der Waals surface area contributed by atoms with Crippen molar-refractivity contribution in [2.24, 2.45) is 5.41 Å². The molecule has 1 heterocycles. The summed E-state index contributed by atoms with van der Waals surface area (Å²) in [7, 11) is 1.85. The van der Waals surface area contributed by atoms with E-state index in [1.807, 2.05) is 7.05 Å². The molecule has 0 spiro atoms. The second-order valence-electron chi connectivity index (χ2n) is 4.68. The molecule has 0 atom stereocenters. The van der Waals surface area contributed by atoms with E-state index in [0.717, 1.165) is 32.5 Å². The number of aliphatic hydroxyl groups is 1. The normalized spacial score (nSPS) is 26.7. The highest BCUT2D eigenvalue weighted by atomic mass is 16.3. The fourth-order valence-corrected chi connectivity index (χ4v) is 1.96. The fourth-order valence-electron chi connectivity index (χ4n) is 1.96. The average Bonchev–Trinajstić information content (AvgIpc) is 2.93. The summed E-state index contributed by atoms with van der Waals surface area (Å²) in [6.45, 7) is 3.46. The molecular weight excluding hydrogens is 180 g/mol. The number of aliphatic hydroxyl groups excluding tert-OH is 1. The summed E-state index contributed by atoms with van der Waals surface area (Å²) < 4.78 is 0. The molecule has 1 aliphatic carbocycles. The predicted molar refractivity (Wildman–Crippen MR) is 52.8 cm³/mol. The van der Waals surface area contributed by atoms with E-state index in [2.05, 4.69) is 4.90 Å². The maximum Gasteiger partial charge on any atom is 0.236 e. The molecule has 4 heteroatoms. The zero-order valence-corrected chi connectivity index (χ0v) is 8.70. The molecule has 1 saturated carbocycles. The highest BCUT2D eigenvalue weighted by Gasteiger charge is 2.43. The SMILES string of the molecule is CN1CCN(CC2(CO)CC2)CC1=O. The van der Waals surface area contributed by atoms with E-state index in [0.29, 0.717) is 6.54 Å². The smallest absolute Gasteiger partial charge is 0.236 e. The van der Waals surface area contributed by atoms with E-state index < -0.39 is 0 Å². The number of rotatable bonds is 3. The largest absolute Gasteiger partial charge is 0.396 e. The molecule has 0 bridgehead atoms. The molecular formula is C10H18N2O2. The number of piperazine rings is 1. The summed E-state index contributed by atoms with van der Waals surface area (Å²) in [4.78, 5) is 15.4. The van der Waals surface area contributed by atoms with Gasteiger partial charge in [0, 0.05) is 38.7 Å². The first-order valence-corrected chi connectivity index (χ1v) is 5.22. The zero-order valence-electron chi connectivity index (χ0n) is 8.70. The van der Waals surface area contributed by atoms with Gasteiger partial charge in [0.2, 0.25) is 5.91 Å². The Morgan fingerprint density at radius 3 is 2.64 bits per heavy atom. The van der Waals surface area contributed by atoms with Gasteiger partial charge in [0.25, 0.3) is 0 Å². The van der Waals surface area contributed by atoms with Gasteiger partial charge in [0.1, 0.15) is 0 Å². The van der Waals surface area contributed by atoms with Gasteiger partial charge in [0.15, 0.2) is 0 Å². The van der Waals surface area contributed by atoms with Gasteiger partial charge in [-0.25, -0.2) is 0 Å². The highest BCUT2D eigenvalue weighted by molar-refractivity contribution is 5.78. The minimum atomic E-state index is 0.135. The van der Waals surface area contributed by atoms with Gasteiger partial charge in [0.05, 0.1) is 6.54 Å². The summed E-state index contributed by atoms with van der Waals surface area (Å²) in [5.41, 5.74) is 0.135. The Bertz CT molecular complexity index is 238. The second-order valence-corrected chi connectivity index (χ2v) is 4.68. The lowest BCUT2D eigenvalue weighted by molar-refractivity contribution is -0.134. The summed E-state index contributed by atoms with van der Waals surface area (Å²) in [5, 5.41) is 9.18. The molecule has 0 aromatic heterocycles. The second kappa shape index (κ2) is 3.51. The minimum absolute atomic E-state index is 0.135. The van der Waals surface area contributed by atoms with Crippen molar-refractivity contribution in [3.63, 3.8) is 0 Å². The topological polar surface area (TPSA) is 43.8 Å². The van der Waals surface area contributed by atoms with Gasteiger partial charge in [-0.15, -0.1) is 0 Å². The number of hydrogen-bond acceptors (Lipinski definition) is 3. The summed E-state index contributed by atoms with van der Waals surface area (Å²) >= 11 is 0. The fraction of sp³-hybridized carbons (Fsp3) is 0.900. The van der Waals surface area contributed by atoms with Crippen molar-refractivity contribution in [2.45, 2.75) is 12.8 Å². The Labute approximate surface area is 84.5 Å². The van der Waals surface area contributed by atoms with Crippen LogP contribution in [0, 0.1) is 5.41 Å². The van der Waals surface area contributed by atoms with E-state index in [1.54, 1.807) is 4.90 Å². The number of carbonyl (C=O) groups is 1. The maximum atomic E-state index is 11.4. The quantitative estimate of drug-likeness (QED) is 0.667. The number of amides is 1. The van der Waals surface area contributed by atoms with Crippen LogP contribution < -0.4 is 0 Å². The van der Waals surface area contributed by atoms with Crippen molar-refractivity contribution in [3.05, 3.63) is 0 Å². The van der Waals surface area contributed by atoms with Gasteiger partial charge >= 0.3 is 0 Å². The van der Waals surface area contributed by atoms with Crippen molar-refractivity contribution >= 4 is 5.91 Å². The van der Waals surface area contributed by atoms with Crippen LogP contribution in [0.1, 0.15) is 12.8 Å². The first-order chi connectivity index (χ1) is 6.65. The Balaban J connectivity index is 1.85. The molecule has 0 aromatic carbocycles. The van der Waals surface area contributed by atoms with Crippen molar-refractivity contribution in [3.8, 4) is 0 Å². The zero-order chi connectivity index (χ0) is 10.2. The standard InChI is InChI=1S/C10H18N2O2/c1-11-4-5-12(6-9(11)14)7-10(8-13)2-3-10/h13H,2-8H2,1H3. The number of hydrogen-bond donors (Lipinski definition) is 1. The van der Waals surface area contributed by atoms with Crippen LogP contribution in [-0.2, 0) is 4.79 Å². The molecule has 80 valence electrons. The lowest BCUT2D eigenvalue weighted by Crippen LogP contribution is -2.50. The summed E-state index contributed by atoms with van der Waals surface area (Å²) in [5.74, 6) is 0.199. The predicted octanol–water partition coefficient (Wildman–Crippen LogP) is -0.467. The van der Waals surface area contributed by atoms with E-state index in [9.17, 15) is 9.90 Å². The van der Waals surface area contributed by atoms with Crippen LogP contribution in [0.3, 0.4) is 0 Å². The van der Waals surface area contributed by atoms with Gasteiger partial charge in [-0.3, -0.25) is 9.69 Å².